The van der Waals surface area contributed by atoms with Gasteiger partial charge in [-0.2, -0.15) is 0 Å². The first-order chi connectivity index (χ1) is 7.61. The first-order valence-electron chi connectivity index (χ1n) is 5.37. The van der Waals surface area contributed by atoms with Crippen LogP contribution in [0.2, 0.25) is 0 Å². The van der Waals surface area contributed by atoms with E-state index in [1.807, 2.05) is 13.8 Å². The molecule has 0 aliphatic rings. The largest absolute Gasteiger partial charge is 0.492 e. The number of halogens is 1. The Bertz CT molecular complexity index is 318. The number of hydrogen-bond acceptors (Lipinski definition) is 3. The zero-order valence-electron chi connectivity index (χ0n) is 9.61. The van der Waals surface area contributed by atoms with Gasteiger partial charge in [-0.05, 0) is 12.1 Å². The maximum atomic E-state index is 12.8. The summed E-state index contributed by atoms with van der Waals surface area (Å²) >= 11 is 0. The first-order valence-corrected chi connectivity index (χ1v) is 5.37. The summed E-state index contributed by atoms with van der Waals surface area (Å²) in [5.74, 6) is 0.152. The molecule has 2 N–H and O–H groups in total. The molecule has 0 aromatic heterocycles. The number of aliphatic hydroxyl groups is 1. The van der Waals surface area contributed by atoms with Crippen LogP contribution < -0.4 is 10.1 Å². The molecule has 0 aliphatic carbocycles. The lowest BCUT2D eigenvalue weighted by molar-refractivity contribution is 0.176. The molecule has 1 aromatic carbocycles. The Balaban J connectivity index is 2.43. The summed E-state index contributed by atoms with van der Waals surface area (Å²) in [5, 5.41) is 12.2. The summed E-state index contributed by atoms with van der Waals surface area (Å²) in [6.45, 7) is 4.29. The van der Waals surface area contributed by atoms with Crippen molar-refractivity contribution in [2.45, 2.75) is 25.9 Å². The molecule has 0 saturated heterocycles. The van der Waals surface area contributed by atoms with Crippen molar-refractivity contribution in [3.05, 3.63) is 30.1 Å². The van der Waals surface area contributed by atoms with Gasteiger partial charge in [0.1, 0.15) is 18.2 Å². The van der Waals surface area contributed by atoms with Crippen LogP contribution in [0.25, 0.3) is 0 Å². The molecule has 1 aromatic rings. The molecular formula is C12H18FNO2. The molecule has 0 heterocycles. The molecule has 1 atom stereocenters. The zero-order chi connectivity index (χ0) is 12.0. The van der Waals surface area contributed by atoms with Gasteiger partial charge in [-0.25, -0.2) is 4.39 Å². The highest BCUT2D eigenvalue weighted by Gasteiger charge is 2.09. The van der Waals surface area contributed by atoms with Crippen molar-refractivity contribution < 1.29 is 14.2 Å². The lowest BCUT2D eigenvalue weighted by Crippen LogP contribution is -2.41. The molecule has 3 nitrogen and oxygen atoms in total. The van der Waals surface area contributed by atoms with E-state index in [1.54, 1.807) is 12.1 Å². The summed E-state index contributed by atoms with van der Waals surface area (Å²) in [5.41, 5.74) is 0. The highest BCUT2D eigenvalue weighted by molar-refractivity contribution is 5.22. The minimum atomic E-state index is -0.324. The third-order valence-corrected chi connectivity index (χ3v) is 2.04. The van der Waals surface area contributed by atoms with Crippen molar-refractivity contribution in [2.75, 3.05) is 13.2 Å². The van der Waals surface area contributed by atoms with E-state index in [-0.39, 0.29) is 24.5 Å². The molecule has 16 heavy (non-hydrogen) atoms. The van der Waals surface area contributed by atoms with Crippen LogP contribution in [0.4, 0.5) is 4.39 Å². The van der Waals surface area contributed by atoms with Crippen molar-refractivity contribution in [3.63, 3.8) is 0 Å². The van der Waals surface area contributed by atoms with Crippen LogP contribution in [-0.4, -0.2) is 30.4 Å². The normalized spacial score (nSPS) is 12.8. The van der Waals surface area contributed by atoms with Gasteiger partial charge >= 0.3 is 0 Å². The van der Waals surface area contributed by atoms with Gasteiger partial charge in [0.2, 0.25) is 0 Å². The van der Waals surface area contributed by atoms with Gasteiger partial charge < -0.3 is 15.2 Å². The average Bonchev–Trinajstić information content (AvgIpc) is 2.24. The fourth-order valence-corrected chi connectivity index (χ4v) is 1.38. The molecule has 0 fully saturated rings. The minimum Gasteiger partial charge on any atom is -0.492 e. The second-order valence-electron chi connectivity index (χ2n) is 3.97. The molecule has 0 radical (unpaired) electrons. The minimum absolute atomic E-state index is 0.00645. The molecule has 0 bridgehead atoms. The number of aliphatic hydroxyl groups excluding tert-OH is 1. The summed E-state index contributed by atoms with van der Waals surface area (Å²) < 4.78 is 18.2. The van der Waals surface area contributed by atoms with Crippen molar-refractivity contribution in [1.29, 1.82) is 0 Å². The van der Waals surface area contributed by atoms with E-state index in [0.717, 1.165) is 0 Å². The third-order valence-electron chi connectivity index (χ3n) is 2.04. The molecule has 0 aliphatic heterocycles. The van der Waals surface area contributed by atoms with E-state index in [2.05, 4.69) is 5.32 Å². The van der Waals surface area contributed by atoms with Gasteiger partial charge in [0.05, 0.1) is 12.6 Å². The van der Waals surface area contributed by atoms with E-state index in [9.17, 15) is 4.39 Å². The Kier molecular flexibility index (Phi) is 5.22. The maximum Gasteiger partial charge on any atom is 0.126 e. The number of nitrogens with one attached hydrogen (secondary N) is 1. The van der Waals surface area contributed by atoms with Crippen molar-refractivity contribution >= 4 is 0 Å². The van der Waals surface area contributed by atoms with Gasteiger partial charge in [0.15, 0.2) is 0 Å². The Labute approximate surface area is 95.2 Å². The predicted molar refractivity (Wildman–Crippen MR) is 61.0 cm³/mol. The highest BCUT2D eigenvalue weighted by atomic mass is 19.1. The molecule has 0 saturated carbocycles. The Morgan fingerprint density at radius 2 is 2.19 bits per heavy atom. The van der Waals surface area contributed by atoms with Gasteiger partial charge in [-0.1, -0.05) is 19.9 Å². The summed E-state index contributed by atoms with van der Waals surface area (Å²) in [4.78, 5) is 0. The molecule has 1 unspecified atom stereocenters. The average molecular weight is 227 g/mol. The van der Waals surface area contributed by atoms with E-state index in [4.69, 9.17) is 9.84 Å². The summed E-state index contributed by atoms with van der Waals surface area (Å²) in [6, 6.07) is 6.10. The molecule has 1 rings (SSSR count). The second-order valence-corrected chi connectivity index (χ2v) is 3.97. The van der Waals surface area contributed by atoms with E-state index in [0.29, 0.717) is 12.4 Å². The second kappa shape index (κ2) is 6.45. The van der Waals surface area contributed by atoms with Crippen molar-refractivity contribution in [3.8, 4) is 5.75 Å². The monoisotopic (exact) mass is 227 g/mol. The topological polar surface area (TPSA) is 41.5 Å². The van der Waals surface area contributed by atoms with E-state index >= 15 is 0 Å². The first kappa shape index (κ1) is 12.9. The standard InChI is InChI=1S/C12H18FNO2/c1-9(2)14-11(7-15)8-16-12-5-3-4-10(13)6-12/h3-6,9,11,14-15H,7-8H2,1-2H3. The predicted octanol–water partition coefficient (Wildman–Crippen LogP) is 1.56. The third kappa shape index (κ3) is 4.59. The van der Waals surface area contributed by atoms with Gasteiger partial charge in [-0.3, -0.25) is 0 Å². The summed E-state index contributed by atoms with van der Waals surface area (Å²) in [7, 11) is 0. The number of hydrogen-bond donors (Lipinski definition) is 2. The number of ether oxygens (including phenoxy) is 1. The molecule has 0 spiro atoms. The van der Waals surface area contributed by atoms with Crippen LogP contribution in [0.3, 0.4) is 0 Å². The van der Waals surface area contributed by atoms with Crippen LogP contribution in [0.15, 0.2) is 24.3 Å². The fourth-order valence-electron chi connectivity index (χ4n) is 1.38. The lowest BCUT2D eigenvalue weighted by Gasteiger charge is -2.19. The van der Waals surface area contributed by atoms with Crippen LogP contribution in [0, 0.1) is 5.82 Å². The van der Waals surface area contributed by atoms with Crippen LogP contribution >= 0.6 is 0 Å². The fraction of sp³-hybridized carbons (Fsp3) is 0.500. The number of rotatable bonds is 6. The molecule has 0 amide bonds. The number of benzene rings is 1. The lowest BCUT2D eigenvalue weighted by atomic mass is 10.3. The van der Waals surface area contributed by atoms with Crippen LogP contribution in [0.5, 0.6) is 5.75 Å². The van der Waals surface area contributed by atoms with Crippen LogP contribution in [0.1, 0.15) is 13.8 Å². The maximum absolute atomic E-state index is 12.8. The SMILES string of the molecule is CC(C)NC(CO)COc1cccc(F)c1. The van der Waals surface area contributed by atoms with Gasteiger partial charge in [-0.15, -0.1) is 0 Å². The Morgan fingerprint density at radius 1 is 1.44 bits per heavy atom. The van der Waals surface area contributed by atoms with Crippen LogP contribution in [-0.2, 0) is 0 Å². The van der Waals surface area contributed by atoms with Gasteiger partial charge in [0, 0.05) is 12.1 Å². The van der Waals surface area contributed by atoms with Crippen molar-refractivity contribution in [2.24, 2.45) is 0 Å². The smallest absolute Gasteiger partial charge is 0.126 e. The van der Waals surface area contributed by atoms with Crippen molar-refractivity contribution in [1.82, 2.24) is 5.32 Å². The molecule has 90 valence electrons. The summed E-state index contributed by atoms with van der Waals surface area (Å²) in [6.07, 6.45) is 0. The molecule has 4 heteroatoms. The highest BCUT2D eigenvalue weighted by Crippen LogP contribution is 2.12. The Morgan fingerprint density at radius 3 is 2.75 bits per heavy atom. The van der Waals surface area contributed by atoms with Gasteiger partial charge in [0.25, 0.3) is 0 Å². The quantitative estimate of drug-likeness (QED) is 0.775. The van der Waals surface area contributed by atoms with E-state index in [1.165, 1.54) is 12.1 Å². The molecular weight excluding hydrogens is 209 g/mol. The van der Waals surface area contributed by atoms with E-state index < -0.39 is 0 Å². The Hall–Kier alpha value is -1.13. The zero-order valence-corrected chi connectivity index (χ0v) is 9.61.